The van der Waals surface area contributed by atoms with Crippen molar-refractivity contribution in [3.05, 3.63) is 56.9 Å². The maximum absolute atomic E-state index is 14.0. The van der Waals surface area contributed by atoms with E-state index in [2.05, 4.69) is 17.6 Å². The molecule has 5 N–H and O–H groups in total. The number of phenols is 1. The molecule has 15 nitrogen and oxygen atoms in total. The normalized spacial score (nSPS) is 16.7. The number of aryl methyl sites for hydroxylation is 1. The van der Waals surface area contributed by atoms with Crippen LogP contribution in [0.4, 0.5) is 4.79 Å². The Morgan fingerprint density at radius 2 is 1.81 bits per heavy atom. The summed E-state index contributed by atoms with van der Waals surface area (Å²) in [6.45, 7) is 7.22. The minimum Gasteiger partial charge on any atom is -0.508 e. The fraction of sp³-hybridized carbons (Fsp3) is 0.513. The molecule has 0 aliphatic carbocycles. The van der Waals surface area contributed by atoms with E-state index in [1.807, 2.05) is 6.92 Å². The second-order valence-electron chi connectivity index (χ2n) is 14.2. The molecule has 4 heterocycles. The van der Waals surface area contributed by atoms with Gasteiger partial charge in [-0.25, -0.2) is 14.6 Å². The summed E-state index contributed by atoms with van der Waals surface area (Å²) in [6.07, 6.45) is 4.16. The largest absolute Gasteiger partial charge is 0.508 e. The summed E-state index contributed by atoms with van der Waals surface area (Å²) < 4.78 is 13.0. The van der Waals surface area contributed by atoms with Gasteiger partial charge >= 0.3 is 12.1 Å². The monoisotopic (exact) mass is 746 g/mol. The van der Waals surface area contributed by atoms with E-state index in [0.29, 0.717) is 29.7 Å². The molecule has 290 valence electrons. The third-order valence-corrected chi connectivity index (χ3v) is 10.2. The minimum atomic E-state index is -1.95. The summed E-state index contributed by atoms with van der Waals surface area (Å²) in [5.41, 5.74) is 6.88. The number of nitrogens with one attached hydrogen (secondary N) is 2. The highest BCUT2D eigenvalue weighted by molar-refractivity contribution is 5.92. The lowest BCUT2D eigenvalue weighted by molar-refractivity contribution is -0.173. The first-order valence-electron chi connectivity index (χ1n) is 18.7. The van der Waals surface area contributed by atoms with Gasteiger partial charge in [-0.05, 0) is 56.0 Å². The molecule has 5 rings (SSSR count). The number of nitrogens with two attached hydrogens (primary N) is 1. The molecule has 4 amide bonds. The van der Waals surface area contributed by atoms with Gasteiger partial charge in [0.05, 0.1) is 35.4 Å². The number of likely N-dealkylation sites (N-methyl/N-ethyl adjacent to an activating group) is 1. The highest BCUT2D eigenvalue weighted by atomic mass is 16.6. The predicted molar refractivity (Wildman–Crippen MR) is 199 cm³/mol. The zero-order chi connectivity index (χ0) is 39.3. The topological polar surface area (TPSA) is 212 Å². The molecule has 54 heavy (non-hydrogen) atoms. The maximum atomic E-state index is 14.0. The zero-order valence-electron chi connectivity index (χ0n) is 31.6. The van der Waals surface area contributed by atoms with E-state index >= 15 is 0 Å². The van der Waals surface area contributed by atoms with Gasteiger partial charge in [-0.3, -0.25) is 19.2 Å². The van der Waals surface area contributed by atoms with Crippen molar-refractivity contribution >= 4 is 40.7 Å². The molecule has 15 heteroatoms. The lowest BCUT2D eigenvalue weighted by atomic mass is 9.85. The Hall–Kier alpha value is -5.47. The molecule has 0 saturated carbocycles. The third kappa shape index (κ3) is 8.04. The fourth-order valence-electron chi connectivity index (χ4n) is 7.38. The van der Waals surface area contributed by atoms with Gasteiger partial charge in [0, 0.05) is 42.6 Å². The van der Waals surface area contributed by atoms with E-state index in [9.17, 15) is 33.9 Å². The lowest BCUT2D eigenvalue weighted by Gasteiger charge is -2.37. The van der Waals surface area contributed by atoms with Gasteiger partial charge in [0.1, 0.15) is 18.4 Å². The van der Waals surface area contributed by atoms with Crippen molar-refractivity contribution in [3.63, 3.8) is 0 Å². The molecule has 2 aliphatic heterocycles. The minimum absolute atomic E-state index is 0.0435. The molecule has 3 aromatic rings. The number of esters is 1. The SMILES string of the molecule is CCCCCCCC(=O)N[C@H](CC(N)=O)C(=O)N[C@@H](C)CN(C)C(=O)O[C@]1(CC)C(=O)OCc2c1cc1n(c2=O)Cc2c-1nc1ccc(O)cc1c2CC. The average molecular weight is 747 g/mol. The van der Waals surface area contributed by atoms with Crippen LogP contribution in [0.25, 0.3) is 22.3 Å². The summed E-state index contributed by atoms with van der Waals surface area (Å²) in [7, 11) is 1.43. The molecule has 2 aromatic heterocycles. The van der Waals surface area contributed by atoms with E-state index in [1.54, 1.807) is 42.7 Å². The number of phenolic OH excluding ortho intramolecular Hbond substituents is 1. The summed E-state index contributed by atoms with van der Waals surface area (Å²) in [4.78, 5) is 84.7. The third-order valence-electron chi connectivity index (χ3n) is 10.2. The first kappa shape index (κ1) is 39.7. The molecular weight excluding hydrogens is 696 g/mol. The highest BCUT2D eigenvalue weighted by Crippen LogP contribution is 2.42. The molecule has 2 aliphatic rings. The first-order chi connectivity index (χ1) is 25.7. The van der Waals surface area contributed by atoms with E-state index in [-0.39, 0.29) is 55.3 Å². The Balaban J connectivity index is 1.33. The number of cyclic esters (lactones) is 1. The van der Waals surface area contributed by atoms with Gasteiger partial charge < -0.3 is 40.4 Å². The Labute approximate surface area is 313 Å². The zero-order valence-corrected chi connectivity index (χ0v) is 31.6. The van der Waals surface area contributed by atoms with Crippen LogP contribution in [-0.2, 0) is 53.8 Å². The Morgan fingerprint density at radius 3 is 2.50 bits per heavy atom. The number of carbonyl (C=O) groups is 5. The molecule has 0 spiro atoms. The number of fused-ring (bicyclic) bond motifs is 5. The van der Waals surface area contributed by atoms with Gasteiger partial charge in [0.15, 0.2) is 0 Å². The van der Waals surface area contributed by atoms with Gasteiger partial charge in [0.2, 0.25) is 23.3 Å². The number of benzene rings is 1. The van der Waals surface area contributed by atoms with Crippen molar-refractivity contribution in [2.24, 2.45) is 5.73 Å². The number of pyridine rings is 2. The van der Waals surface area contributed by atoms with Gasteiger partial charge in [-0.15, -0.1) is 0 Å². The summed E-state index contributed by atoms with van der Waals surface area (Å²) >= 11 is 0. The summed E-state index contributed by atoms with van der Waals surface area (Å²) in [5, 5.41) is 16.3. The molecule has 0 radical (unpaired) electrons. The molecular formula is C39H50N6O9. The number of unbranched alkanes of at least 4 members (excludes halogenated alkanes) is 4. The van der Waals surface area contributed by atoms with Crippen molar-refractivity contribution in [2.75, 3.05) is 13.6 Å². The van der Waals surface area contributed by atoms with Crippen LogP contribution in [0.2, 0.25) is 0 Å². The highest BCUT2D eigenvalue weighted by Gasteiger charge is 2.51. The van der Waals surface area contributed by atoms with E-state index in [0.717, 1.165) is 42.2 Å². The Morgan fingerprint density at radius 1 is 1.07 bits per heavy atom. The number of hydrogen-bond acceptors (Lipinski definition) is 10. The number of hydrogen-bond donors (Lipinski definition) is 4. The standard InChI is InChI=1S/C39H50N6O9/c1-6-9-10-11-12-13-33(48)42-30(18-32(40)47)35(49)41-22(4)19-44(5)38(52)54-39(8-3)28-17-31-34-26(20-45(31)36(50)27(28)21-53-37(39)51)24(7-2)25-16-23(46)14-15-29(25)43-34/h14-17,22,30,46H,6-13,18-21H2,1-5H3,(H2,40,47)(H,41,49)(H,42,48)/t22-,30+,39-/m0/s1. The van der Waals surface area contributed by atoms with Crippen molar-refractivity contribution < 1.29 is 38.6 Å². The smallest absolute Gasteiger partial charge is 0.411 e. The number of rotatable bonds is 16. The van der Waals surface area contributed by atoms with Crippen molar-refractivity contribution in [3.8, 4) is 17.1 Å². The van der Waals surface area contributed by atoms with Crippen LogP contribution >= 0.6 is 0 Å². The predicted octanol–water partition coefficient (Wildman–Crippen LogP) is 3.65. The fourth-order valence-corrected chi connectivity index (χ4v) is 7.38. The molecule has 0 saturated heterocycles. The Bertz CT molecular complexity index is 2030. The quantitative estimate of drug-likeness (QED) is 0.0965. The van der Waals surface area contributed by atoms with E-state index < -0.39 is 53.5 Å². The van der Waals surface area contributed by atoms with Gasteiger partial charge in [-0.2, -0.15) is 0 Å². The molecule has 0 unspecified atom stereocenters. The van der Waals surface area contributed by atoms with Crippen molar-refractivity contribution in [1.29, 1.82) is 0 Å². The number of ether oxygens (including phenoxy) is 2. The van der Waals surface area contributed by atoms with Crippen molar-refractivity contribution in [2.45, 2.75) is 116 Å². The summed E-state index contributed by atoms with van der Waals surface area (Å²) in [6, 6.07) is 4.72. The summed E-state index contributed by atoms with van der Waals surface area (Å²) in [5.74, 6) is -2.49. The molecule has 3 atom stereocenters. The first-order valence-corrected chi connectivity index (χ1v) is 18.7. The average Bonchev–Trinajstić information content (AvgIpc) is 3.49. The van der Waals surface area contributed by atoms with Crippen LogP contribution in [-0.4, -0.2) is 75.0 Å². The second-order valence-corrected chi connectivity index (χ2v) is 14.2. The number of aromatic hydroxyl groups is 1. The van der Waals surface area contributed by atoms with Crippen LogP contribution in [0.1, 0.15) is 101 Å². The van der Waals surface area contributed by atoms with Crippen LogP contribution in [0.5, 0.6) is 5.75 Å². The van der Waals surface area contributed by atoms with E-state index in [4.69, 9.17) is 20.2 Å². The van der Waals surface area contributed by atoms with E-state index in [1.165, 1.54) is 11.9 Å². The molecule has 0 bridgehead atoms. The van der Waals surface area contributed by atoms with Crippen molar-refractivity contribution in [1.82, 2.24) is 25.1 Å². The van der Waals surface area contributed by atoms with Crippen LogP contribution < -0.4 is 21.9 Å². The number of carbonyl (C=O) groups excluding carboxylic acids is 5. The van der Waals surface area contributed by atoms with Crippen LogP contribution in [0.3, 0.4) is 0 Å². The number of aromatic nitrogens is 2. The van der Waals surface area contributed by atoms with Gasteiger partial charge in [0.25, 0.3) is 5.56 Å². The lowest BCUT2D eigenvalue weighted by Crippen LogP contribution is -2.53. The van der Waals surface area contributed by atoms with Gasteiger partial charge in [-0.1, -0.05) is 46.5 Å². The Kier molecular flexibility index (Phi) is 12.3. The molecule has 0 fully saturated rings. The van der Waals surface area contributed by atoms with Crippen LogP contribution in [0, 0.1) is 0 Å². The second kappa shape index (κ2) is 16.7. The number of amides is 4. The van der Waals surface area contributed by atoms with Crippen LogP contribution in [0.15, 0.2) is 29.1 Å². The molecule has 1 aromatic carbocycles. The number of primary amides is 1. The number of nitrogens with zero attached hydrogens (tertiary/aromatic N) is 3. The maximum Gasteiger partial charge on any atom is 0.411 e.